The van der Waals surface area contributed by atoms with Crippen LogP contribution in [-0.4, -0.2) is 0 Å². The molecular formula is C8H12ClNS. The first-order valence-corrected chi connectivity index (χ1v) is 4.94. The maximum Gasteiger partial charge on any atom is 0.0931 e. The van der Waals surface area contributed by atoms with Crippen LogP contribution in [0, 0.1) is 0 Å². The molecule has 11 heavy (non-hydrogen) atoms. The number of thiophene rings is 1. The molecule has 1 atom stereocenters. The minimum absolute atomic E-state index is 0.178. The van der Waals surface area contributed by atoms with E-state index in [1.807, 2.05) is 12.1 Å². The van der Waals surface area contributed by atoms with Gasteiger partial charge in [-0.2, -0.15) is 0 Å². The van der Waals surface area contributed by atoms with Gasteiger partial charge in [0.15, 0.2) is 0 Å². The number of rotatable bonds is 3. The van der Waals surface area contributed by atoms with E-state index in [2.05, 4.69) is 6.92 Å². The van der Waals surface area contributed by atoms with Gasteiger partial charge in [0, 0.05) is 10.9 Å². The Morgan fingerprint density at radius 1 is 1.64 bits per heavy atom. The fourth-order valence-corrected chi connectivity index (χ4v) is 2.08. The monoisotopic (exact) mass is 189 g/mol. The summed E-state index contributed by atoms with van der Waals surface area (Å²) >= 11 is 7.34. The molecule has 0 saturated heterocycles. The van der Waals surface area contributed by atoms with Gasteiger partial charge in [-0.3, -0.25) is 0 Å². The zero-order valence-corrected chi connectivity index (χ0v) is 8.08. The van der Waals surface area contributed by atoms with Crippen LogP contribution in [-0.2, 0) is 0 Å². The second kappa shape index (κ2) is 4.10. The molecule has 0 aromatic carbocycles. The molecule has 1 rings (SSSR count). The second-order valence-electron chi connectivity index (χ2n) is 2.54. The van der Waals surface area contributed by atoms with Crippen molar-refractivity contribution in [2.45, 2.75) is 25.8 Å². The molecule has 1 aromatic rings. The number of hydrogen-bond acceptors (Lipinski definition) is 2. The summed E-state index contributed by atoms with van der Waals surface area (Å²) in [5.41, 5.74) is 5.87. The maximum atomic E-state index is 5.87. The van der Waals surface area contributed by atoms with Gasteiger partial charge in [0.05, 0.1) is 4.34 Å². The van der Waals surface area contributed by atoms with Gasteiger partial charge in [0.25, 0.3) is 0 Å². The Labute approximate surface area is 76.2 Å². The minimum atomic E-state index is 0.178. The summed E-state index contributed by atoms with van der Waals surface area (Å²) < 4.78 is 0.826. The molecule has 0 radical (unpaired) electrons. The third-order valence-corrected chi connectivity index (χ3v) is 2.92. The van der Waals surface area contributed by atoms with E-state index in [1.54, 1.807) is 11.3 Å². The van der Waals surface area contributed by atoms with Crippen LogP contribution >= 0.6 is 22.9 Å². The Morgan fingerprint density at radius 2 is 2.36 bits per heavy atom. The standard InChI is InChI=1S/C8H12ClNS/c1-2-3-6(10)7-4-5-8(9)11-7/h4-6H,2-3,10H2,1H3/t6-/m0/s1. The van der Waals surface area contributed by atoms with Gasteiger partial charge in [0.2, 0.25) is 0 Å². The molecule has 0 aliphatic carbocycles. The van der Waals surface area contributed by atoms with Gasteiger partial charge < -0.3 is 5.73 Å². The van der Waals surface area contributed by atoms with Gasteiger partial charge in [-0.15, -0.1) is 11.3 Å². The molecular weight excluding hydrogens is 178 g/mol. The van der Waals surface area contributed by atoms with E-state index in [4.69, 9.17) is 17.3 Å². The second-order valence-corrected chi connectivity index (χ2v) is 4.28. The van der Waals surface area contributed by atoms with Crippen molar-refractivity contribution in [3.8, 4) is 0 Å². The Balaban J connectivity index is 2.60. The SMILES string of the molecule is CCC[C@H](N)c1ccc(Cl)s1. The first-order chi connectivity index (χ1) is 5.24. The number of hydrogen-bond donors (Lipinski definition) is 1. The Kier molecular flexibility index (Phi) is 3.37. The molecule has 0 fully saturated rings. The summed E-state index contributed by atoms with van der Waals surface area (Å²) in [4.78, 5) is 1.19. The Morgan fingerprint density at radius 3 is 2.82 bits per heavy atom. The smallest absolute Gasteiger partial charge is 0.0931 e. The topological polar surface area (TPSA) is 26.0 Å². The summed E-state index contributed by atoms with van der Waals surface area (Å²) in [7, 11) is 0. The zero-order valence-electron chi connectivity index (χ0n) is 6.51. The summed E-state index contributed by atoms with van der Waals surface area (Å²) in [6, 6.07) is 4.09. The molecule has 62 valence electrons. The van der Waals surface area contributed by atoms with E-state index in [9.17, 15) is 0 Å². The normalized spacial score (nSPS) is 13.4. The van der Waals surface area contributed by atoms with E-state index >= 15 is 0 Å². The molecule has 1 aromatic heterocycles. The summed E-state index contributed by atoms with van der Waals surface area (Å²) in [6.07, 6.45) is 2.16. The van der Waals surface area contributed by atoms with Crippen LogP contribution in [0.2, 0.25) is 4.34 Å². The van der Waals surface area contributed by atoms with Crippen LogP contribution in [0.5, 0.6) is 0 Å². The molecule has 0 aliphatic rings. The fourth-order valence-electron chi connectivity index (χ4n) is 0.981. The molecule has 0 saturated carbocycles. The van der Waals surface area contributed by atoms with Gasteiger partial charge >= 0.3 is 0 Å². The average Bonchev–Trinajstić information content (AvgIpc) is 2.36. The van der Waals surface area contributed by atoms with E-state index in [0.717, 1.165) is 17.2 Å². The van der Waals surface area contributed by atoms with E-state index in [1.165, 1.54) is 4.88 Å². The minimum Gasteiger partial charge on any atom is -0.323 e. The summed E-state index contributed by atoms with van der Waals surface area (Å²) in [5.74, 6) is 0. The lowest BCUT2D eigenvalue weighted by Crippen LogP contribution is -2.07. The predicted molar refractivity (Wildman–Crippen MR) is 51.2 cm³/mol. The fraction of sp³-hybridized carbons (Fsp3) is 0.500. The highest BCUT2D eigenvalue weighted by atomic mass is 35.5. The molecule has 3 heteroatoms. The zero-order chi connectivity index (χ0) is 8.27. The molecule has 2 N–H and O–H groups in total. The van der Waals surface area contributed by atoms with Crippen LogP contribution in [0.15, 0.2) is 12.1 Å². The van der Waals surface area contributed by atoms with Crippen molar-refractivity contribution in [2.75, 3.05) is 0 Å². The third-order valence-electron chi connectivity index (χ3n) is 1.56. The predicted octanol–water partition coefficient (Wildman–Crippen LogP) is 3.20. The van der Waals surface area contributed by atoms with Crippen LogP contribution in [0.1, 0.15) is 30.7 Å². The van der Waals surface area contributed by atoms with E-state index in [0.29, 0.717) is 0 Å². The van der Waals surface area contributed by atoms with Gasteiger partial charge in [-0.25, -0.2) is 0 Å². The Hall–Kier alpha value is -0.0500. The lowest BCUT2D eigenvalue weighted by molar-refractivity contribution is 0.648. The quantitative estimate of drug-likeness (QED) is 0.777. The molecule has 0 spiro atoms. The number of nitrogens with two attached hydrogens (primary N) is 1. The lowest BCUT2D eigenvalue weighted by Gasteiger charge is -2.05. The van der Waals surface area contributed by atoms with Crippen molar-refractivity contribution >= 4 is 22.9 Å². The van der Waals surface area contributed by atoms with Crippen molar-refractivity contribution < 1.29 is 0 Å². The molecule has 0 aliphatic heterocycles. The van der Waals surface area contributed by atoms with Gasteiger partial charge in [0.1, 0.15) is 0 Å². The van der Waals surface area contributed by atoms with Gasteiger partial charge in [-0.05, 0) is 18.6 Å². The molecule has 0 bridgehead atoms. The van der Waals surface area contributed by atoms with Crippen LogP contribution < -0.4 is 5.73 Å². The molecule has 1 nitrogen and oxygen atoms in total. The van der Waals surface area contributed by atoms with Crippen molar-refractivity contribution in [1.82, 2.24) is 0 Å². The number of halogens is 1. The Bertz CT molecular complexity index is 222. The van der Waals surface area contributed by atoms with Crippen LogP contribution in [0.4, 0.5) is 0 Å². The van der Waals surface area contributed by atoms with E-state index < -0.39 is 0 Å². The van der Waals surface area contributed by atoms with Crippen LogP contribution in [0.25, 0.3) is 0 Å². The lowest BCUT2D eigenvalue weighted by atomic mass is 10.1. The average molecular weight is 190 g/mol. The highest BCUT2D eigenvalue weighted by Gasteiger charge is 2.06. The van der Waals surface area contributed by atoms with Crippen molar-refractivity contribution in [3.05, 3.63) is 21.3 Å². The van der Waals surface area contributed by atoms with E-state index in [-0.39, 0.29) is 6.04 Å². The van der Waals surface area contributed by atoms with Gasteiger partial charge in [-0.1, -0.05) is 24.9 Å². The largest absolute Gasteiger partial charge is 0.323 e. The first kappa shape index (κ1) is 9.04. The summed E-state index contributed by atoms with van der Waals surface area (Å²) in [5, 5.41) is 0. The van der Waals surface area contributed by atoms with Crippen molar-refractivity contribution in [3.63, 3.8) is 0 Å². The highest BCUT2D eigenvalue weighted by Crippen LogP contribution is 2.27. The third kappa shape index (κ3) is 2.47. The van der Waals surface area contributed by atoms with Crippen molar-refractivity contribution in [2.24, 2.45) is 5.73 Å². The van der Waals surface area contributed by atoms with Crippen molar-refractivity contribution in [1.29, 1.82) is 0 Å². The van der Waals surface area contributed by atoms with Crippen LogP contribution in [0.3, 0.4) is 0 Å². The molecule has 0 amide bonds. The maximum absolute atomic E-state index is 5.87. The summed E-state index contributed by atoms with van der Waals surface area (Å²) in [6.45, 7) is 2.13. The highest BCUT2D eigenvalue weighted by molar-refractivity contribution is 7.16. The molecule has 1 heterocycles. The molecule has 0 unspecified atom stereocenters. The first-order valence-electron chi connectivity index (χ1n) is 3.75.